The number of carbonyl (C=O) groups is 2. The van der Waals surface area contributed by atoms with Crippen LogP contribution in [0.3, 0.4) is 0 Å². The Morgan fingerprint density at radius 3 is 2.42 bits per heavy atom. The zero-order valence-electron chi connectivity index (χ0n) is 11.1. The summed E-state index contributed by atoms with van der Waals surface area (Å²) in [5.74, 6) is -1.70. The molecular formula is C14H16ClFO3. The third-order valence-electron chi connectivity index (χ3n) is 2.82. The summed E-state index contributed by atoms with van der Waals surface area (Å²) in [6.45, 7) is 4.94. The van der Waals surface area contributed by atoms with Crippen molar-refractivity contribution in [2.75, 3.05) is 0 Å². The van der Waals surface area contributed by atoms with Crippen LogP contribution in [0.5, 0.6) is 0 Å². The first-order valence-electron chi connectivity index (χ1n) is 5.83. The fourth-order valence-electron chi connectivity index (χ4n) is 1.87. The molecule has 0 aromatic heterocycles. The number of rotatable bonds is 5. The van der Waals surface area contributed by atoms with E-state index in [0.717, 1.165) is 6.07 Å². The van der Waals surface area contributed by atoms with Crippen LogP contribution in [-0.2, 0) is 4.79 Å². The molecule has 1 N–H and O–H groups in total. The molecule has 0 fully saturated rings. The summed E-state index contributed by atoms with van der Waals surface area (Å²) in [6.07, 6.45) is -0.0688. The van der Waals surface area contributed by atoms with Crippen molar-refractivity contribution in [2.45, 2.75) is 33.6 Å². The highest BCUT2D eigenvalue weighted by Gasteiger charge is 2.27. The molecule has 0 atom stereocenters. The standard InChI is InChI=1S/C14H16ClFO3/c1-8-4-9(10(15)5-11(8)16)12(17)6-14(2,3)7-13(18)19/h4-5H,6-7H2,1-3H3,(H,18,19). The van der Waals surface area contributed by atoms with Gasteiger partial charge in [-0.2, -0.15) is 0 Å². The molecule has 0 aliphatic rings. The SMILES string of the molecule is Cc1cc(C(=O)CC(C)(C)CC(=O)O)c(Cl)cc1F. The molecule has 0 heterocycles. The average molecular weight is 287 g/mol. The Bertz CT molecular complexity index is 524. The van der Waals surface area contributed by atoms with Gasteiger partial charge in [0.15, 0.2) is 5.78 Å². The Kier molecular flexibility index (Phi) is 4.69. The van der Waals surface area contributed by atoms with Gasteiger partial charge in [0.2, 0.25) is 0 Å². The molecule has 19 heavy (non-hydrogen) atoms. The number of benzene rings is 1. The lowest BCUT2D eigenvalue weighted by Gasteiger charge is -2.21. The highest BCUT2D eigenvalue weighted by Crippen LogP contribution is 2.29. The zero-order chi connectivity index (χ0) is 14.8. The molecular weight excluding hydrogens is 271 g/mol. The summed E-state index contributed by atoms with van der Waals surface area (Å²) in [7, 11) is 0. The molecule has 0 aliphatic carbocycles. The van der Waals surface area contributed by atoms with E-state index in [9.17, 15) is 14.0 Å². The summed E-state index contributed by atoms with van der Waals surface area (Å²) in [6, 6.07) is 2.51. The van der Waals surface area contributed by atoms with E-state index in [2.05, 4.69) is 0 Å². The van der Waals surface area contributed by atoms with Gasteiger partial charge < -0.3 is 5.11 Å². The van der Waals surface area contributed by atoms with Crippen molar-refractivity contribution in [1.29, 1.82) is 0 Å². The summed E-state index contributed by atoms with van der Waals surface area (Å²) < 4.78 is 13.3. The monoisotopic (exact) mass is 286 g/mol. The number of aliphatic carboxylic acids is 1. The molecule has 0 radical (unpaired) electrons. The van der Waals surface area contributed by atoms with Crippen molar-refractivity contribution in [3.63, 3.8) is 0 Å². The number of ketones is 1. The number of hydrogen-bond donors (Lipinski definition) is 1. The summed E-state index contributed by atoms with van der Waals surface area (Å²) >= 11 is 5.85. The number of carboxylic acids is 1. The van der Waals surface area contributed by atoms with Gasteiger partial charge in [0.05, 0.1) is 11.4 Å². The minimum atomic E-state index is -0.959. The maximum absolute atomic E-state index is 13.3. The molecule has 0 unspecified atom stereocenters. The third-order valence-corrected chi connectivity index (χ3v) is 3.13. The molecule has 0 saturated carbocycles. The average Bonchev–Trinajstić information content (AvgIpc) is 2.20. The van der Waals surface area contributed by atoms with Gasteiger partial charge >= 0.3 is 5.97 Å². The normalized spacial score (nSPS) is 11.4. The van der Waals surface area contributed by atoms with Gasteiger partial charge in [0.25, 0.3) is 0 Å². The Morgan fingerprint density at radius 1 is 1.32 bits per heavy atom. The Balaban J connectivity index is 2.96. The lowest BCUT2D eigenvalue weighted by Crippen LogP contribution is -2.21. The maximum atomic E-state index is 13.3. The Hall–Kier alpha value is -1.42. The molecule has 1 aromatic carbocycles. The number of aryl methyl sites for hydroxylation is 1. The van der Waals surface area contributed by atoms with E-state index in [0.29, 0.717) is 5.56 Å². The van der Waals surface area contributed by atoms with Crippen LogP contribution in [0.1, 0.15) is 42.6 Å². The van der Waals surface area contributed by atoms with E-state index in [1.54, 1.807) is 20.8 Å². The molecule has 104 valence electrons. The highest BCUT2D eigenvalue weighted by atomic mass is 35.5. The first-order valence-corrected chi connectivity index (χ1v) is 6.21. The molecule has 1 rings (SSSR count). The molecule has 5 heteroatoms. The van der Waals surface area contributed by atoms with E-state index in [4.69, 9.17) is 16.7 Å². The van der Waals surface area contributed by atoms with Crippen molar-refractivity contribution in [3.05, 3.63) is 34.1 Å². The number of carboxylic acid groups (broad SMARTS) is 1. The van der Waals surface area contributed by atoms with Gasteiger partial charge in [-0.15, -0.1) is 0 Å². The smallest absolute Gasteiger partial charge is 0.303 e. The van der Waals surface area contributed by atoms with Gasteiger partial charge in [-0.05, 0) is 30.0 Å². The Morgan fingerprint density at radius 2 is 1.89 bits per heavy atom. The van der Waals surface area contributed by atoms with Gasteiger partial charge in [-0.1, -0.05) is 25.4 Å². The lowest BCUT2D eigenvalue weighted by molar-refractivity contribution is -0.139. The largest absolute Gasteiger partial charge is 0.481 e. The predicted octanol–water partition coefficient (Wildman–Crippen LogP) is 3.86. The topological polar surface area (TPSA) is 54.4 Å². The zero-order valence-corrected chi connectivity index (χ0v) is 11.8. The van der Waals surface area contributed by atoms with Crippen LogP contribution in [0.2, 0.25) is 5.02 Å². The minimum absolute atomic E-state index is 0.0457. The fourth-order valence-corrected chi connectivity index (χ4v) is 2.13. The summed E-state index contributed by atoms with van der Waals surface area (Å²) in [4.78, 5) is 22.8. The number of carbonyl (C=O) groups excluding carboxylic acids is 1. The molecule has 0 saturated heterocycles. The van der Waals surface area contributed by atoms with Gasteiger partial charge in [-0.25, -0.2) is 4.39 Å². The number of hydrogen-bond acceptors (Lipinski definition) is 2. The molecule has 3 nitrogen and oxygen atoms in total. The van der Waals surface area contributed by atoms with E-state index < -0.39 is 17.2 Å². The summed E-state index contributed by atoms with van der Waals surface area (Å²) in [5, 5.41) is 8.84. The van der Waals surface area contributed by atoms with Crippen LogP contribution in [0, 0.1) is 18.2 Å². The van der Waals surface area contributed by atoms with E-state index in [1.807, 2.05) is 0 Å². The second-order valence-electron chi connectivity index (χ2n) is 5.42. The highest BCUT2D eigenvalue weighted by molar-refractivity contribution is 6.34. The van der Waals surface area contributed by atoms with Crippen LogP contribution in [-0.4, -0.2) is 16.9 Å². The van der Waals surface area contributed by atoms with Crippen molar-refractivity contribution in [3.8, 4) is 0 Å². The first kappa shape index (κ1) is 15.6. The van der Waals surface area contributed by atoms with Crippen LogP contribution in [0.4, 0.5) is 4.39 Å². The van der Waals surface area contributed by atoms with E-state index in [-0.39, 0.29) is 29.2 Å². The van der Waals surface area contributed by atoms with E-state index >= 15 is 0 Å². The van der Waals surface area contributed by atoms with Gasteiger partial charge in [0, 0.05) is 12.0 Å². The molecule has 0 aliphatic heterocycles. The predicted molar refractivity (Wildman–Crippen MR) is 71.1 cm³/mol. The van der Waals surface area contributed by atoms with Crippen molar-refractivity contribution in [2.24, 2.45) is 5.41 Å². The molecule has 0 amide bonds. The van der Waals surface area contributed by atoms with Crippen LogP contribution >= 0.6 is 11.6 Å². The van der Waals surface area contributed by atoms with Crippen LogP contribution in [0.25, 0.3) is 0 Å². The van der Waals surface area contributed by atoms with E-state index in [1.165, 1.54) is 6.07 Å². The fraction of sp³-hybridized carbons (Fsp3) is 0.429. The third kappa shape index (κ3) is 4.31. The quantitative estimate of drug-likeness (QED) is 0.836. The first-order chi connectivity index (χ1) is 8.62. The van der Waals surface area contributed by atoms with Gasteiger partial charge in [0.1, 0.15) is 5.82 Å². The molecule has 1 aromatic rings. The second kappa shape index (κ2) is 5.70. The number of halogens is 2. The number of Topliss-reactive ketones (excluding diaryl/α,β-unsaturated/α-hetero) is 1. The maximum Gasteiger partial charge on any atom is 0.303 e. The second-order valence-corrected chi connectivity index (χ2v) is 5.82. The minimum Gasteiger partial charge on any atom is -0.481 e. The lowest BCUT2D eigenvalue weighted by atomic mass is 9.82. The van der Waals surface area contributed by atoms with Gasteiger partial charge in [-0.3, -0.25) is 9.59 Å². The van der Waals surface area contributed by atoms with Crippen molar-refractivity contribution >= 4 is 23.4 Å². The molecule has 0 bridgehead atoms. The molecule has 0 spiro atoms. The Labute approximate surface area is 116 Å². The van der Waals surface area contributed by atoms with Crippen LogP contribution < -0.4 is 0 Å². The van der Waals surface area contributed by atoms with Crippen molar-refractivity contribution < 1.29 is 19.1 Å². The van der Waals surface area contributed by atoms with Crippen LogP contribution in [0.15, 0.2) is 12.1 Å². The summed E-state index contributed by atoms with van der Waals surface area (Å²) in [5.41, 5.74) is -0.100. The van der Waals surface area contributed by atoms with Crippen molar-refractivity contribution in [1.82, 2.24) is 0 Å².